The van der Waals surface area contributed by atoms with Gasteiger partial charge in [-0.25, -0.2) is 0 Å². The summed E-state index contributed by atoms with van der Waals surface area (Å²) in [4.78, 5) is 2.44. The van der Waals surface area contributed by atoms with E-state index in [2.05, 4.69) is 62.2 Å². The zero-order valence-corrected chi connectivity index (χ0v) is 16.8. The van der Waals surface area contributed by atoms with Gasteiger partial charge < -0.3 is 0 Å². The van der Waals surface area contributed by atoms with Crippen LogP contribution in [-0.4, -0.2) is 18.5 Å². The van der Waals surface area contributed by atoms with Crippen LogP contribution in [-0.2, 0) is 6.54 Å². The Morgan fingerprint density at radius 1 is 1.04 bits per heavy atom. The van der Waals surface area contributed by atoms with Crippen LogP contribution in [0.2, 0.25) is 5.02 Å². The highest BCUT2D eigenvalue weighted by atomic mass is 35.5. The van der Waals surface area contributed by atoms with E-state index < -0.39 is 0 Å². The van der Waals surface area contributed by atoms with E-state index in [-0.39, 0.29) is 0 Å². The Balaban J connectivity index is 1.37. The Morgan fingerprint density at radius 2 is 1.81 bits per heavy atom. The van der Waals surface area contributed by atoms with Gasteiger partial charge in [-0.2, -0.15) is 0 Å². The van der Waals surface area contributed by atoms with E-state index in [4.69, 9.17) is 11.6 Å². The van der Waals surface area contributed by atoms with Crippen LogP contribution < -0.4 is 0 Å². The molecular formula is C24H28ClN. The Labute approximate surface area is 162 Å². The summed E-state index contributed by atoms with van der Waals surface area (Å²) in [6.07, 6.45) is 5.27. The third kappa shape index (κ3) is 3.48. The molecule has 26 heavy (non-hydrogen) atoms. The van der Waals surface area contributed by atoms with Crippen molar-refractivity contribution in [2.24, 2.45) is 17.3 Å². The van der Waals surface area contributed by atoms with E-state index in [1.54, 1.807) is 5.57 Å². The van der Waals surface area contributed by atoms with Gasteiger partial charge in [0.1, 0.15) is 0 Å². The van der Waals surface area contributed by atoms with Gasteiger partial charge in [0.05, 0.1) is 0 Å². The number of likely N-dealkylation sites (N-methyl/N-ethyl adjacent to an activating group) is 1. The highest BCUT2D eigenvalue weighted by Crippen LogP contribution is 2.57. The zero-order chi connectivity index (χ0) is 18.3. The van der Waals surface area contributed by atoms with Gasteiger partial charge in [0.15, 0.2) is 0 Å². The molecule has 0 aliphatic heterocycles. The normalized spacial score (nSPS) is 23.5. The van der Waals surface area contributed by atoms with Gasteiger partial charge in [0, 0.05) is 18.1 Å². The molecule has 2 aromatic carbocycles. The SMILES string of the molecule is CN(CC1=C[C@@H]2C[C@H](C1)C2(C)C)Cc1ccc(-c2cccc(Cl)c2)cc1. The standard InChI is InChI=1S/C24H28ClN/c1-24(2)21-11-18(12-22(24)14-21)16-26(3)15-17-7-9-19(10-8-17)20-5-4-6-23(25)13-20/h4-11,13,21-22H,12,14-16H2,1-3H3/t21-,22+/m1/s1. The van der Waals surface area contributed by atoms with E-state index in [0.29, 0.717) is 5.41 Å². The van der Waals surface area contributed by atoms with Crippen LogP contribution in [0.1, 0.15) is 32.3 Å². The number of halogens is 1. The molecule has 0 unspecified atom stereocenters. The van der Waals surface area contributed by atoms with E-state index >= 15 is 0 Å². The average Bonchev–Trinajstić information content (AvgIpc) is 2.62. The minimum Gasteiger partial charge on any atom is -0.298 e. The quantitative estimate of drug-likeness (QED) is 0.551. The molecular weight excluding hydrogens is 338 g/mol. The maximum Gasteiger partial charge on any atom is 0.0412 e. The molecule has 1 saturated carbocycles. The third-order valence-corrected chi connectivity index (χ3v) is 6.76. The first-order valence-corrected chi connectivity index (χ1v) is 10.0. The number of fused-ring (bicyclic) bond motifs is 1. The highest BCUT2D eigenvalue weighted by molar-refractivity contribution is 6.30. The van der Waals surface area contributed by atoms with Crippen molar-refractivity contribution in [3.8, 4) is 11.1 Å². The highest BCUT2D eigenvalue weighted by Gasteiger charge is 2.49. The summed E-state index contributed by atoms with van der Waals surface area (Å²) in [5, 5.41) is 0.785. The fourth-order valence-corrected chi connectivity index (χ4v) is 4.85. The summed E-state index contributed by atoms with van der Waals surface area (Å²) in [6.45, 7) is 6.96. The molecule has 3 aliphatic rings. The van der Waals surface area contributed by atoms with Gasteiger partial charge in [-0.3, -0.25) is 4.90 Å². The van der Waals surface area contributed by atoms with Crippen LogP contribution in [0.25, 0.3) is 11.1 Å². The van der Waals surface area contributed by atoms with Crippen LogP contribution in [0.15, 0.2) is 60.2 Å². The number of rotatable bonds is 5. The van der Waals surface area contributed by atoms with Gasteiger partial charge in [-0.05, 0) is 66.0 Å². The molecule has 0 N–H and O–H groups in total. The molecule has 1 fully saturated rings. The fourth-order valence-electron chi connectivity index (χ4n) is 4.66. The van der Waals surface area contributed by atoms with Crippen LogP contribution >= 0.6 is 11.6 Å². The second-order valence-electron chi connectivity index (χ2n) is 8.77. The van der Waals surface area contributed by atoms with Crippen LogP contribution in [0.3, 0.4) is 0 Å². The summed E-state index contributed by atoms with van der Waals surface area (Å²) in [6, 6.07) is 16.9. The number of hydrogen-bond acceptors (Lipinski definition) is 1. The first-order valence-electron chi connectivity index (χ1n) is 9.65. The van der Waals surface area contributed by atoms with E-state index in [1.165, 1.54) is 29.5 Å². The molecule has 1 nitrogen and oxygen atoms in total. The molecule has 2 bridgehead atoms. The lowest BCUT2D eigenvalue weighted by molar-refractivity contribution is -0.00259. The Morgan fingerprint density at radius 3 is 2.42 bits per heavy atom. The number of benzene rings is 2. The lowest BCUT2D eigenvalue weighted by Crippen LogP contribution is -2.47. The Bertz CT molecular complexity index is 818. The number of nitrogens with zero attached hydrogens (tertiary/aromatic N) is 1. The van der Waals surface area contributed by atoms with Crippen molar-refractivity contribution >= 4 is 11.6 Å². The Hall–Kier alpha value is -1.57. The predicted molar refractivity (Wildman–Crippen MR) is 111 cm³/mol. The molecule has 0 amide bonds. The van der Waals surface area contributed by atoms with Crippen molar-refractivity contribution in [2.45, 2.75) is 33.2 Å². The maximum absolute atomic E-state index is 6.11. The molecule has 136 valence electrons. The Kier molecular flexibility index (Phi) is 4.71. The maximum atomic E-state index is 6.11. The van der Waals surface area contributed by atoms with Crippen molar-refractivity contribution in [1.29, 1.82) is 0 Å². The van der Waals surface area contributed by atoms with Crippen molar-refractivity contribution in [3.05, 3.63) is 70.8 Å². The number of allylic oxidation sites excluding steroid dienone is 1. The average molecular weight is 366 g/mol. The molecule has 0 aromatic heterocycles. The molecule has 2 atom stereocenters. The molecule has 5 rings (SSSR count). The van der Waals surface area contributed by atoms with Gasteiger partial charge in [0.25, 0.3) is 0 Å². The van der Waals surface area contributed by atoms with Crippen molar-refractivity contribution in [2.75, 3.05) is 13.6 Å². The van der Waals surface area contributed by atoms with Gasteiger partial charge in [0.2, 0.25) is 0 Å². The summed E-state index contributed by atoms with van der Waals surface area (Å²) in [5.74, 6) is 1.71. The largest absolute Gasteiger partial charge is 0.298 e. The van der Waals surface area contributed by atoms with Crippen LogP contribution in [0.4, 0.5) is 0 Å². The van der Waals surface area contributed by atoms with Crippen molar-refractivity contribution < 1.29 is 0 Å². The number of hydrogen-bond donors (Lipinski definition) is 0. The van der Waals surface area contributed by atoms with Gasteiger partial charge in [-0.15, -0.1) is 0 Å². The van der Waals surface area contributed by atoms with E-state index in [1.807, 2.05) is 18.2 Å². The zero-order valence-electron chi connectivity index (χ0n) is 16.0. The minimum absolute atomic E-state index is 0.540. The second-order valence-corrected chi connectivity index (χ2v) is 9.21. The van der Waals surface area contributed by atoms with Crippen LogP contribution in [0.5, 0.6) is 0 Å². The molecule has 2 heteroatoms. The summed E-state index contributed by atoms with van der Waals surface area (Å²) < 4.78 is 0. The summed E-state index contributed by atoms with van der Waals surface area (Å²) in [5.41, 5.74) is 5.93. The minimum atomic E-state index is 0.540. The summed E-state index contributed by atoms with van der Waals surface area (Å²) in [7, 11) is 2.23. The monoisotopic (exact) mass is 365 g/mol. The van der Waals surface area contributed by atoms with Gasteiger partial charge in [-0.1, -0.05) is 73.5 Å². The van der Waals surface area contributed by atoms with Crippen LogP contribution in [0, 0.1) is 17.3 Å². The lowest BCUT2D eigenvalue weighted by Gasteiger charge is -2.55. The first-order chi connectivity index (χ1) is 12.4. The molecule has 3 aliphatic carbocycles. The third-order valence-electron chi connectivity index (χ3n) is 6.53. The van der Waals surface area contributed by atoms with Crippen molar-refractivity contribution in [3.63, 3.8) is 0 Å². The molecule has 0 heterocycles. The van der Waals surface area contributed by atoms with Gasteiger partial charge >= 0.3 is 0 Å². The molecule has 2 aromatic rings. The first kappa shape index (κ1) is 17.8. The molecule has 0 saturated heterocycles. The molecule has 0 spiro atoms. The lowest BCUT2D eigenvalue weighted by atomic mass is 9.50. The smallest absolute Gasteiger partial charge is 0.0412 e. The van der Waals surface area contributed by atoms with E-state index in [9.17, 15) is 0 Å². The molecule has 0 radical (unpaired) electrons. The summed E-state index contributed by atoms with van der Waals surface area (Å²) >= 11 is 6.11. The fraction of sp³-hybridized carbons (Fsp3) is 0.417. The second kappa shape index (κ2) is 6.87. The van der Waals surface area contributed by atoms with E-state index in [0.717, 1.165) is 29.9 Å². The van der Waals surface area contributed by atoms with Crippen molar-refractivity contribution in [1.82, 2.24) is 4.90 Å². The topological polar surface area (TPSA) is 3.24 Å². The predicted octanol–water partition coefficient (Wildman–Crippen LogP) is 6.43.